The third-order valence-electron chi connectivity index (χ3n) is 2.72. The second-order valence-electron chi connectivity index (χ2n) is 5.73. The number of nitrogens with zero attached hydrogens (tertiary/aromatic N) is 3. The maximum absolute atomic E-state index is 5.33. The Balaban J connectivity index is 2.25. The molecule has 2 aromatic rings. The molecule has 0 aliphatic carbocycles. The van der Waals surface area contributed by atoms with Crippen molar-refractivity contribution in [2.45, 2.75) is 26.3 Å². The molecule has 1 aromatic heterocycles. The molecule has 0 amide bonds. The highest BCUT2D eigenvalue weighted by atomic mass is 16.5. The van der Waals surface area contributed by atoms with Gasteiger partial charge in [0.25, 0.3) is 0 Å². The summed E-state index contributed by atoms with van der Waals surface area (Å²) in [6, 6.07) is 5.48. The summed E-state index contributed by atoms with van der Waals surface area (Å²) in [6.45, 7) is 6.09. The van der Waals surface area contributed by atoms with Gasteiger partial charge in [0.2, 0.25) is 5.95 Å². The minimum absolute atomic E-state index is 0.145. The third-order valence-corrected chi connectivity index (χ3v) is 2.72. The zero-order chi connectivity index (χ0) is 16.2. The second-order valence-corrected chi connectivity index (χ2v) is 5.73. The molecule has 0 bridgehead atoms. The molecule has 0 fully saturated rings. The summed E-state index contributed by atoms with van der Waals surface area (Å²) >= 11 is 0. The van der Waals surface area contributed by atoms with Crippen molar-refractivity contribution >= 4 is 17.5 Å². The molecular weight excluding hydrogens is 282 g/mol. The number of aromatic nitrogens is 3. The van der Waals surface area contributed by atoms with Gasteiger partial charge in [0, 0.05) is 11.6 Å². The number of nitrogens with one attached hydrogen (secondary N) is 2. The number of ether oxygens (including phenoxy) is 2. The molecule has 2 N–H and O–H groups in total. The van der Waals surface area contributed by atoms with Crippen molar-refractivity contribution in [3.05, 3.63) is 24.4 Å². The topological polar surface area (TPSA) is 81.2 Å². The van der Waals surface area contributed by atoms with E-state index in [-0.39, 0.29) is 5.54 Å². The van der Waals surface area contributed by atoms with E-state index in [0.717, 1.165) is 11.4 Å². The summed E-state index contributed by atoms with van der Waals surface area (Å²) < 4.78 is 10.6. The Morgan fingerprint density at radius 1 is 1.09 bits per heavy atom. The van der Waals surface area contributed by atoms with E-state index < -0.39 is 0 Å². The van der Waals surface area contributed by atoms with E-state index in [0.29, 0.717) is 17.5 Å². The van der Waals surface area contributed by atoms with Crippen molar-refractivity contribution in [1.29, 1.82) is 0 Å². The number of rotatable bonds is 5. The lowest BCUT2D eigenvalue weighted by Gasteiger charge is -2.20. The molecule has 0 radical (unpaired) electrons. The first-order chi connectivity index (χ1) is 10.4. The molecule has 0 saturated carbocycles. The van der Waals surface area contributed by atoms with Crippen LogP contribution in [-0.2, 0) is 0 Å². The van der Waals surface area contributed by atoms with Crippen molar-refractivity contribution in [3.63, 3.8) is 0 Å². The molecule has 0 aliphatic heterocycles. The smallest absolute Gasteiger partial charge is 0.245 e. The van der Waals surface area contributed by atoms with Gasteiger partial charge in [-0.2, -0.15) is 10.1 Å². The zero-order valence-electron chi connectivity index (χ0n) is 13.5. The van der Waals surface area contributed by atoms with Crippen LogP contribution < -0.4 is 20.1 Å². The Morgan fingerprint density at radius 3 is 2.50 bits per heavy atom. The van der Waals surface area contributed by atoms with Crippen molar-refractivity contribution in [2.24, 2.45) is 0 Å². The highest BCUT2D eigenvalue weighted by Crippen LogP contribution is 2.30. The van der Waals surface area contributed by atoms with Gasteiger partial charge in [-0.05, 0) is 32.9 Å². The maximum Gasteiger partial charge on any atom is 0.245 e. The fourth-order valence-electron chi connectivity index (χ4n) is 1.80. The van der Waals surface area contributed by atoms with Crippen LogP contribution in [-0.4, -0.2) is 34.9 Å². The van der Waals surface area contributed by atoms with Crippen molar-refractivity contribution in [3.8, 4) is 11.5 Å². The van der Waals surface area contributed by atoms with Crippen LogP contribution in [0.15, 0.2) is 24.4 Å². The van der Waals surface area contributed by atoms with E-state index in [1.807, 2.05) is 39.0 Å². The quantitative estimate of drug-likeness (QED) is 0.879. The lowest BCUT2D eigenvalue weighted by Crippen LogP contribution is -2.27. The monoisotopic (exact) mass is 303 g/mol. The number of methoxy groups -OCH3 is 2. The summed E-state index contributed by atoms with van der Waals surface area (Å²) in [5.74, 6) is 2.43. The van der Waals surface area contributed by atoms with Gasteiger partial charge < -0.3 is 20.1 Å². The molecule has 0 spiro atoms. The number of hydrogen-bond donors (Lipinski definition) is 2. The SMILES string of the molecule is COc1ccc(OC)c(Nc2cnnc(NC(C)(C)C)n2)c1. The van der Waals surface area contributed by atoms with Gasteiger partial charge in [-0.15, -0.1) is 5.10 Å². The van der Waals surface area contributed by atoms with E-state index >= 15 is 0 Å². The standard InChI is InChI=1S/C15H21N5O2/c1-15(2,3)19-14-18-13(9-16-20-14)17-11-8-10(21-4)6-7-12(11)22-5/h6-9H,1-5H3,(H2,17,18,19,20). The van der Waals surface area contributed by atoms with Crippen LogP contribution in [0.3, 0.4) is 0 Å². The first-order valence-corrected chi connectivity index (χ1v) is 6.88. The molecule has 1 aromatic carbocycles. The Bertz CT molecular complexity index is 640. The summed E-state index contributed by atoms with van der Waals surface area (Å²) in [5.41, 5.74) is 0.595. The number of benzene rings is 1. The minimum atomic E-state index is -0.145. The molecular formula is C15H21N5O2. The molecule has 2 rings (SSSR count). The Morgan fingerprint density at radius 2 is 1.86 bits per heavy atom. The van der Waals surface area contributed by atoms with E-state index in [1.54, 1.807) is 20.4 Å². The van der Waals surface area contributed by atoms with E-state index in [1.165, 1.54) is 0 Å². The molecule has 22 heavy (non-hydrogen) atoms. The fourth-order valence-corrected chi connectivity index (χ4v) is 1.80. The normalized spacial score (nSPS) is 11.0. The lowest BCUT2D eigenvalue weighted by atomic mass is 10.1. The molecule has 0 aliphatic rings. The van der Waals surface area contributed by atoms with Gasteiger partial charge >= 0.3 is 0 Å². The summed E-state index contributed by atoms with van der Waals surface area (Å²) in [5, 5.41) is 14.3. The van der Waals surface area contributed by atoms with Gasteiger partial charge in [0.1, 0.15) is 11.5 Å². The molecule has 7 nitrogen and oxygen atoms in total. The van der Waals surface area contributed by atoms with E-state index in [9.17, 15) is 0 Å². The van der Waals surface area contributed by atoms with Crippen LogP contribution in [0.2, 0.25) is 0 Å². The van der Waals surface area contributed by atoms with Gasteiger partial charge in [-0.25, -0.2) is 0 Å². The number of hydrogen-bond acceptors (Lipinski definition) is 7. The second kappa shape index (κ2) is 6.46. The first-order valence-electron chi connectivity index (χ1n) is 6.88. The third kappa shape index (κ3) is 4.21. The fraction of sp³-hybridized carbons (Fsp3) is 0.400. The average Bonchev–Trinajstić information content (AvgIpc) is 2.45. The van der Waals surface area contributed by atoms with E-state index in [4.69, 9.17) is 9.47 Å². The van der Waals surface area contributed by atoms with Gasteiger partial charge in [0.15, 0.2) is 5.82 Å². The van der Waals surface area contributed by atoms with E-state index in [2.05, 4.69) is 25.8 Å². The Labute approximate surface area is 130 Å². The zero-order valence-corrected chi connectivity index (χ0v) is 13.5. The van der Waals surface area contributed by atoms with Gasteiger partial charge in [0.05, 0.1) is 26.1 Å². The Hall–Kier alpha value is -2.57. The maximum atomic E-state index is 5.33. The van der Waals surface area contributed by atoms with Crippen molar-refractivity contribution in [1.82, 2.24) is 15.2 Å². The molecule has 0 unspecified atom stereocenters. The van der Waals surface area contributed by atoms with Crippen LogP contribution in [0, 0.1) is 0 Å². The highest BCUT2D eigenvalue weighted by molar-refractivity contribution is 5.66. The summed E-state index contributed by atoms with van der Waals surface area (Å²) in [6.07, 6.45) is 1.55. The molecule has 118 valence electrons. The van der Waals surface area contributed by atoms with Crippen LogP contribution >= 0.6 is 0 Å². The average molecular weight is 303 g/mol. The molecule has 1 heterocycles. The van der Waals surface area contributed by atoms with Gasteiger partial charge in [-0.1, -0.05) is 0 Å². The molecule has 7 heteroatoms. The van der Waals surface area contributed by atoms with Crippen LogP contribution in [0.4, 0.5) is 17.5 Å². The van der Waals surface area contributed by atoms with Crippen molar-refractivity contribution in [2.75, 3.05) is 24.9 Å². The van der Waals surface area contributed by atoms with Crippen LogP contribution in [0.5, 0.6) is 11.5 Å². The molecule has 0 saturated heterocycles. The van der Waals surface area contributed by atoms with Gasteiger partial charge in [-0.3, -0.25) is 0 Å². The minimum Gasteiger partial charge on any atom is -0.497 e. The number of anilines is 3. The predicted molar refractivity (Wildman–Crippen MR) is 86.0 cm³/mol. The Kier molecular flexibility index (Phi) is 4.65. The van der Waals surface area contributed by atoms with Crippen LogP contribution in [0.25, 0.3) is 0 Å². The van der Waals surface area contributed by atoms with Crippen LogP contribution in [0.1, 0.15) is 20.8 Å². The lowest BCUT2D eigenvalue weighted by molar-refractivity contribution is 0.405. The molecule has 0 atom stereocenters. The highest BCUT2D eigenvalue weighted by Gasteiger charge is 2.13. The predicted octanol–water partition coefficient (Wildman–Crippen LogP) is 2.84. The summed E-state index contributed by atoms with van der Waals surface area (Å²) in [7, 11) is 3.22. The first kappa shape index (κ1) is 15.8. The summed E-state index contributed by atoms with van der Waals surface area (Å²) in [4.78, 5) is 4.39. The van der Waals surface area contributed by atoms with Crippen molar-refractivity contribution < 1.29 is 9.47 Å². The largest absolute Gasteiger partial charge is 0.497 e.